The minimum atomic E-state index is -3.07. The molecule has 0 aromatic carbocycles. The van der Waals surface area contributed by atoms with Crippen LogP contribution in [0.2, 0.25) is 0 Å². The van der Waals surface area contributed by atoms with Gasteiger partial charge in [-0.1, -0.05) is 12.2 Å². The van der Waals surface area contributed by atoms with Crippen molar-refractivity contribution in [3.05, 3.63) is 0 Å². The Morgan fingerprint density at radius 1 is 1.47 bits per heavy atom. The van der Waals surface area contributed by atoms with Crippen LogP contribution in [0.5, 0.6) is 0 Å². The smallest absolute Gasteiger partial charge is 0.154 e. The van der Waals surface area contributed by atoms with Gasteiger partial charge in [-0.25, -0.2) is 8.42 Å². The number of sulfone groups is 1. The molecule has 3 N–H and O–H groups in total. The summed E-state index contributed by atoms with van der Waals surface area (Å²) in [5, 5.41) is 15.2. The van der Waals surface area contributed by atoms with Crippen LogP contribution in [0.15, 0.2) is 0 Å². The first-order valence-corrected chi connectivity index (χ1v) is 7.17. The van der Waals surface area contributed by atoms with Gasteiger partial charge in [0.15, 0.2) is 9.84 Å². The molecule has 1 saturated heterocycles. The second-order valence-electron chi connectivity index (χ2n) is 3.44. The van der Waals surface area contributed by atoms with Crippen molar-refractivity contribution in [2.75, 3.05) is 24.6 Å². The first-order valence-electron chi connectivity index (χ1n) is 4.49. The SMILES string of the molecule is O=S1(=O)C[C@@H](O)[C@@H](NCCNC(=S)S)C1. The fourth-order valence-corrected chi connectivity index (χ4v) is 3.44. The normalized spacial score (nSPS) is 28.9. The lowest BCUT2D eigenvalue weighted by molar-refractivity contribution is 0.166. The van der Waals surface area contributed by atoms with Crippen molar-refractivity contribution < 1.29 is 13.5 Å². The van der Waals surface area contributed by atoms with Crippen LogP contribution >= 0.6 is 24.8 Å². The highest BCUT2D eigenvalue weighted by atomic mass is 32.2. The second kappa shape index (κ2) is 5.44. The number of aliphatic hydroxyl groups is 1. The largest absolute Gasteiger partial charge is 0.390 e. The average molecular weight is 270 g/mol. The quantitative estimate of drug-likeness (QED) is 0.284. The van der Waals surface area contributed by atoms with Gasteiger partial charge in [0.2, 0.25) is 0 Å². The molecule has 0 bridgehead atoms. The molecule has 0 saturated carbocycles. The Labute approximate surface area is 100.0 Å². The highest BCUT2D eigenvalue weighted by Crippen LogP contribution is 2.11. The second-order valence-corrected chi connectivity index (χ2v) is 6.75. The standard InChI is InChI=1S/C7H14N2O3S3/c10-6-4-15(11,12)3-5(6)8-1-2-9-7(13)14/h5-6,8,10H,1-4H2,(H2,9,13,14)/t5-,6+/m0/s1. The maximum absolute atomic E-state index is 11.1. The topological polar surface area (TPSA) is 78.4 Å². The molecule has 0 aromatic heterocycles. The molecule has 1 rings (SSSR count). The zero-order valence-corrected chi connectivity index (χ0v) is 10.5. The fraction of sp³-hybridized carbons (Fsp3) is 0.857. The summed E-state index contributed by atoms with van der Waals surface area (Å²) >= 11 is 8.56. The van der Waals surface area contributed by atoms with Crippen LogP contribution in [0.4, 0.5) is 0 Å². The van der Waals surface area contributed by atoms with E-state index < -0.39 is 15.9 Å². The van der Waals surface area contributed by atoms with E-state index in [-0.39, 0.29) is 17.5 Å². The van der Waals surface area contributed by atoms with Crippen molar-refractivity contribution in [3.63, 3.8) is 0 Å². The number of thiocarbonyl (C=S) groups is 1. The van der Waals surface area contributed by atoms with Crippen molar-refractivity contribution >= 4 is 39.0 Å². The number of hydrogen-bond donors (Lipinski definition) is 4. The molecule has 1 fully saturated rings. The number of rotatable bonds is 4. The molecule has 1 heterocycles. The predicted octanol–water partition coefficient (Wildman–Crippen LogP) is -1.46. The zero-order valence-electron chi connectivity index (χ0n) is 8.01. The van der Waals surface area contributed by atoms with Gasteiger partial charge >= 0.3 is 0 Å². The minimum absolute atomic E-state index is 0.000508. The Kier molecular flexibility index (Phi) is 4.78. The van der Waals surface area contributed by atoms with Gasteiger partial charge in [-0.15, -0.1) is 12.6 Å². The maximum atomic E-state index is 11.1. The first kappa shape index (κ1) is 13.2. The molecule has 88 valence electrons. The Bertz CT molecular complexity index is 330. The van der Waals surface area contributed by atoms with E-state index in [9.17, 15) is 13.5 Å². The molecule has 0 spiro atoms. The highest BCUT2D eigenvalue weighted by molar-refractivity contribution is 8.11. The molecule has 0 radical (unpaired) electrons. The van der Waals surface area contributed by atoms with Gasteiger partial charge in [0.1, 0.15) is 4.32 Å². The molecular weight excluding hydrogens is 256 g/mol. The lowest BCUT2D eigenvalue weighted by Crippen LogP contribution is -2.42. The Morgan fingerprint density at radius 3 is 2.60 bits per heavy atom. The molecule has 1 aliphatic rings. The number of hydrogen-bond acceptors (Lipinski definition) is 5. The minimum Gasteiger partial charge on any atom is -0.390 e. The Morgan fingerprint density at radius 2 is 2.13 bits per heavy atom. The van der Waals surface area contributed by atoms with Crippen LogP contribution in [0.3, 0.4) is 0 Å². The van der Waals surface area contributed by atoms with Gasteiger partial charge in [0.25, 0.3) is 0 Å². The third kappa shape index (κ3) is 4.64. The molecule has 5 nitrogen and oxygen atoms in total. The van der Waals surface area contributed by atoms with E-state index in [1.807, 2.05) is 0 Å². The predicted molar refractivity (Wildman–Crippen MR) is 66.0 cm³/mol. The van der Waals surface area contributed by atoms with Crippen LogP contribution in [-0.2, 0) is 9.84 Å². The van der Waals surface area contributed by atoms with Crippen LogP contribution < -0.4 is 10.6 Å². The van der Waals surface area contributed by atoms with Crippen molar-refractivity contribution in [3.8, 4) is 0 Å². The molecule has 0 aromatic rings. The Balaban J connectivity index is 2.25. The van der Waals surface area contributed by atoms with E-state index in [1.54, 1.807) is 0 Å². The Hall–Kier alpha value is 0.110. The van der Waals surface area contributed by atoms with Gasteiger partial charge < -0.3 is 15.7 Å². The molecule has 0 aliphatic carbocycles. The summed E-state index contributed by atoms with van der Waals surface area (Å²) in [5.41, 5.74) is 0. The lowest BCUT2D eigenvalue weighted by atomic mass is 10.2. The molecule has 15 heavy (non-hydrogen) atoms. The molecule has 1 aliphatic heterocycles. The maximum Gasteiger partial charge on any atom is 0.154 e. The zero-order chi connectivity index (χ0) is 11.5. The van der Waals surface area contributed by atoms with E-state index in [4.69, 9.17) is 0 Å². The summed E-state index contributed by atoms with van der Waals surface area (Å²) in [5.74, 6) is -0.150. The lowest BCUT2D eigenvalue weighted by Gasteiger charge is -2.14. The van der Waals surface area contributed by atoms with Crippen molar-refractivity contribution in [2.45, 2.75) is 12.1 Å². The highest BCUT2D eigenvalue weighted by Gasteiger charge is 2.35. The van der Waals surface area contributed by atoms with Gasteiger partial charge in [-0.3, -0.25) is 0 Å². The third-order valence-electron chi connectivity index (χ3n) is 2.13. The molecule has 0 unspecified atom stereocenters. The van der Waals surface area contributed by atoms with Crippen molar-refractivity contribution in [1.29, 1.82) is 0 Å². The fourth-order valence-electron chi connectivity index (χ4n) is 1.45. The summed E-state index contributed by atoms with van der Waals surface area (Å²) in [4.78, 5) is 0. The molecular formula is C7H14N2O3S3. The summed E-state index contributed by atoms with van der Waals surface area (Å²) in [6, 6.07) is -0.370. The number of nitrogens with one attached hydrogen (secondary N) is 2. The summed E-state index contributed by atoms with van der Waals surface area (Å²) < 4.78 is 22.7. The van der Waals surface area contributed by atoms with E-state index in [0.717, 1.165) is 0 Å². The van der Waals surface area contributed by atoms with Crippen molar-refractivity contribution in [1.82, 2.24) is 10.6 Å². The van der Waals surface area contributed by atoms with E-state index in [2.05, 4.69) is 35.5 Å². The van der Waals surface area contributed by atoms with Crippen LogP contribution in [0.25, 0.3) is 0 Å². The van der Waals surface area contributed by atoms with Gasteiger partial charge in [-0.05, 0) is 0 Å². The number of thiol groups is 1. The van der Waals surface area contributed by atoms with E-state index >= 15 is 0 Å². The van der Waals surface area contributed by atoms with Gasteiger partial charge in [0, 0.05) is 19.1 Å². The summed E-state index contributed by atoms with van der Waals surface area (Å²) in [6.07, 6.45) is -0.807. The van der Waals surface area contributed by atoms with E-state index in [1.165, 1.54) is 0 Å². The average Bonchev–Trinajstić information content (AvgIpc) is 2.33. The van der Waals surface area contributed by atoms with Crippen LogP contribution in [0, 0.1) is 0 Å². The van der Waals surface area contributed by atoms with Gasteiger partial charge in [-0.2, -0.15) is 0 Å². The third-order valence-corrected chi connectivity index (χ3v) is 4.15. The molecule has 0 amide bonds. The van der Waals surface area contributed by atoms with Gasteiger partial charge in [0.05, 0.1) is 17.6 Å². The summed E-state index contributed by atoms with van der Waals surface area (Å²) in [7, 11) is -3.07. The van der Waals surface area contributed by atoms with Crippen molar-refractivity contribution in [2.24, 2.45) is 0 Å². The molecule has 8 heteroatoms. The van der Waals surface area contributed by atoms with E-state index in [0.29, 0.717) is 17.4 Å². The molecule has 2 atom stereocenters. The first-order chi connectivity index (χ1) is 6.91. The summed E-state index contributed by atoms with van der Waals surface area (Å²) in [6.45, 7) is 1.10. The number of aliphatic hydroxyl groups excluding tert-OH is 1. The van der Waals surface area contributed by atoms with Crippen LogP contribution in [-0.4, -0.2) is 54.6 Å². The monoisotopic (exact) mass is 270 g/mol. The van der Waals surface area contributed by atoms with Crippen LogP contribution in [0.1, 0.15) is 0 Å².